The van der Waals surface area contributed by atoms with E-state index in [0.29, 0.717) is 13.2 Å². The van der Waals surface area contributed by atoms with E-state index in [4.69, 9.17) is 10.5 Å². The van der Waals surface area contributed by atoms with E-state index in [-0.39, 0.29) is 0 Å². The van der Waals surface area contributed by atoms with E-state index < -0.39 is 0 Å². The fraction of sp³-hybridized carbons (Fsp3) is 0.286. The average molecular weight is 215 g/mol. The minimum absolute atomic E-state index is 0.580. The Morgan fingerprint density at radius 1 is 1.19 bits per heavy atom. The van der Waals surface area contributed by atoms with Crippen LogP contribution in [0, 0.1) is 0 Å². The van der Waals surface area contributed by atoms with Gasteiger partial charge in [-0.15, -0.1) is 0 Å². The van der Waals surface area contributed by atoms with Crippen LogP contribution < -0.4 is 10.5 Å². The van der Waals surface area contributed by atoms with Gasteiger partial charge in [-0.25, -0.2) is 0 Å². The van der Waals surface area contributed by atoms with Gasteiger partial charge >= 0.3 is 0 Å². The normalized spacial score (nSPS) is 14.7. The van der Waals surface area contributed by atoms with Crippen molar-refractivity contribution in [3.8, 4) is 5.75 Å². The Bertz CT molecular complexity index is 390. The van der Waals surface area contributed by atoms with Crippen LogP contribution in [0.1, 0.15) is 18.4 Å². The average Bonchev–Trinajstić information content (AvgIpc) is 2.38. The highest BCUT2D eigenvalue weighted by molar-refractivity contribution is 5.28. The van der Waals surface area contributed by atoms with Gasteiger partial charge in [0.15, 0.2) is 0 Å². The summed E-state index contributed by atoms with van der Waals surface area (Å²) in [5.41, 5.74) is 8.02. The predicted molar refractivity (Wildman–Crippen MR) is 66.3 cm³/mol. The standard InChI is InChI=1S/C14H17NO/c15-10-12-6-8-14(9-7-12)16-11-13-4-2-1-3-5-13/h1-2,4,6-9H,3,5,10-11,15H2. The first-order chi connectivity index (χ1) is 7.88. The Balaban J connectivity index is 1.89. The highest BCUT2D eigenvalue weighted by Crippen LogP contribution is 2.16. The number of nitrogens with two attached hydrogens (primary N) is 1. The molecule has 0 bridgehead atoms. The molecule has 0 heterocycles. The molecular weight excluding hydrogens is 198 g/mol. The number of allylic oxidation sites excluding steroid dienone is 3. The van der Waals surface area contributed by atoms with Gasteiger partial charge in [0.2, 0.25) is 0 Å². The van der Waals surface area contributed by atoms with Gasteiger partial charge in [0, 0.05) is 6.54 Å². The number of ether oxygens (including phenoxy) is 1. The van der Waals surface area contributed by atoms with Crippen LogP contribution in [0.5, 0.6) is 5.75 Å². The quantitative estimate of drug-likeness (QED) is 0.838. The van der Waals surface area contributed by atoms with Crippen molar-refractivity contribution >= 4 is 0 Å². The molecule has 0 atom stereocenters. The first-order valence-corrected chi connectivity index (χ1v) is 5.65. The van der Waals surface area contributed by atoms with Gasteiger partial charge in [-0.2, -0.15) is 0 Å². The molecule has 0 radical (unpaired) electrons. The SMILES string of the molecule is NCc1ccc(OCC2=CC=CCC2)cc1. The van der Waals surface area contributed by atoms with Crippen LogP contribution in [0.4, 0.5) is 0 Å². The van der Waals surface area contributed by atoms with Gasteiger partial charge in [0.1, 0.15) is 12.4 Å². The minimum Gasteiger partial charge on any atom is -0.489 e. The van der Waals surface area contributed by atoms with Crippen molar-refractivity contribution in [1.29, 1.82) is 0 Å². The third-order valence-electron chi connectivity index (χ3n) is 2.68. The van der Waals surface area contributed by atoms with E-state index in [1.54, 1.807) is 0 Å². The second kappa shape index (κ2) is 5.52. The van der Waals surface area contributed by atoms with Crippen molar-refractivity contribution in [2.75, 3.05) is 6.61 Å². The molecule has 2 N–H and O–H groups in total. The first kappa shape index (κ1) is 11.0. The van der Waals surface area contributed by atoms with E-state index in [1.165, 1.54) is 5.57 Å². The van der Waals surface area contributed by atoms with Gasteiger partial charge in [0.25, 0.3) is 0 Å². The zero-order valence-corrected chi connectivity index (χ0v) is 9.36. The molecule has 2 nitrogen and oxygen atoms in total. The van der Waals surface area contributed by atoms with Crippen LogP contribution in [0.15, 0.2) is 48.1 Å². The highest BCUT2D eigenvalue weighted by Gasteiger charge is 2.01. The molecule has 16 heavy (non-hydrogen) atoms. The molecule has 0 aliphatic heterocycles. The van der Waals surface area contributed by atoms with Gasteiger partial charge in [-0.1, -0.05) is 30.4 Å². The zero-order valence-electron chi connectivity index (χ0n) is 9.36. The molecule has 0 fully saturated rings. The maximum atomic E-state index is 5.70. The molecule has 2 rings (SSSR count). The van der Waals surface area contributed by atoms with Crippen LogP contribution >= 0.6 is 0 Å². The lowest BCUT2D eigenvalue weighted by Gasteiger charge is -2.11. The van der Waals surface area contributed by atoms with E-state index in [1.807, 2.05) is 24.3 Å². The van der Waals surface area contributed by atoms with Crippen LogP contribution in [-0.4, -0.2) is 6.61 Å². The number of hydrogen-bond acceptors (Lipinski definition) is 2. The second-order valence-electron chi connectivity index (χ2n) is 3.93. The van der Waals surface area contributed by atoms with Gasteiger partial charge in [0.05, 0.1) is 0 Å². The molecule has 0 saturated heterocycles. The molecule has 2 heteroatoms. The monoisotopic (exact) mass is 215 g/mol. The Labute approximate surface area is 96.4 Å². The Hall–Kier alpha value is -1.54. The summed E-state index contributed by atoms with van der Waals surface area (Å²) in [6, 6.07) is 7.96. The summed E-state index contributed by atoms with van der Waals surface area (Å²) >= 11 is 0. The zero-order chi connectivity index (χ0) is 11.2. The molecule has 84 valence electrons. The Kier molecular flexibility index (Phi) is 3.78. The lowest BCUT2D eigenvalue weighted by molar-refractivity contribution is 0.347. The largest absolute Gasteiger partial charge is 0.489 e. The summed E-state index contributed by atoms with van der Waals surface area (Å²) in [6.07, 6.45) is 8.65. The van der Waals surface area contributed by atoms with Crippen LogP contribution in [-0.2, 0) is 6.54 Å². The fourth-order valence-corrected chi connectivity index (χ4v) is 1.67. The highest BCUT2D eigenvalue weighted by atomic mass is 16.5. The molecular formula is C14H17NO. The van der Waals surface area contributed by atoms with Crippen molar-refractivity contribution in [3.63, 3.8) is 0 Å². The maximum Gasteiger partial charge on any atom is 0.119 e. The molecule has 1 aromatic carbocycles. The van der Waals surface area contributed by atoms with Gasteiger partial charge in [-0.05, 0) is 36.1 Å². The van der Waals surface area contributed by atoms with E-state index in [0.717, 1.165) is 24.2 Å². The third-order valence-corrected chi connectivity index (χ3v) is 2.68. The molecule has 0 aromatic heterocycles. The Morgan fingerprint density at radius 2 is 2.00 bits per heavy atom. The second-order valence-corrected chi connectivity index (χ2v) is 3.93. The molecule has 0 spiro atoms. The molecule has 1 aromatic rings. The van der Waals surface area contributed by atoms with E-state index in [9.17, 15) is 0 Å². The minimum atomic E-state index is 0.580. The van der Waals surface area contributed by atoms with Crippen LogP contribution in [0.2, 0.25) is 0 Å². The lowest BCUT2D eigenvalue weighted by atomic mass is 10.1. The van der Waals surface area contributed by atoms with Crippen LogP contribution in [0.25, 0.3) is 0 Å². The molecule has 0 unspecified atom stereocenters. The summed E-state index contributed by atoms with van der Waals surface area (Å²) in [5.74, 6) is 0.910. The number of benzene rings is 1. The summed E-state index contributed by atoms with van der Waals surface area (Å²) in [6.45, 7) is 1.27. The van der Waals surface area contributed by atoms with Gasteiger partial charge < -0.3 is 10.5 Å². The van der Waals surface area contributed by atoms with Crippen molar-refractivity contribution in [3.05, 3.63) is 53.6 Å². The third kappa shape index (κ3) is 2.97. The Morgan fingerprint density at radius 3 is 2.62 bits per heavy atom. The van der Waals surface area contributed by atoms with E-state index in [2.05, 4.69) is 18.2 Å². The number of hydrogen-bond donors (Lipinski definition) is 1. The molecule has 0 amide bonds. The van der Waals surface area contributed by atoms with Crippen molar-refractivity contribution in [2.24, 2.45) is 5.73 Å². The predicted octanol–water partition coefficient (Wildman–Crippen LogP) is 2.80. The molecule has 1 aliphatic carbocycles. The lowest BCUT2D eigenvalue weighted by Crippen LogP contribution is -2.03. The molecule has 0 saturated carbocycles. The first-order valence-electron chi connectivity index (χ1n) is 5.65. The smallest absolute Gasteiger partial charge is 0.119 e. The van der Waals surface area contributed by atoms with E-state index >= 15 is 0 Å². The summed E-state index contributed by atoms with van der Waals surface area (Å²) in [5, 5.41) is 0. The van der Waals surface area contributed by atoms with Crippen molar-refractivity contribution < 1.29 is 4.74 Å². The fourth-order valence-electron chi connectivity index (χ4n) is 1.67. The van der Waals surface area contributed by atoms with Crippen LogP contribution in [0.3, 0.4) is 0 Å². The summed E-state index contributed by atoms with van der Waals surface area (Å²) < 4.78 is 5.70. The van der Waals surface area contributed by atoms with Gasteiger partial charge in [-0.3, -0.25) is 0 Å². The van der Waals surface area contributed by atoms with Crippen molar-refractivity contribution in [1.82, 2.24) is 0 Å². The summed E-state index contributed by atoms with van der Waals surface area (Å²) in [7, 11) is 0. The number of rotatable bonds is 4. The maximum absolute atomic E-state index is 5.70. The summed E-state index contributed by atoms with van der Waals surface area (Å²) in [4.78, 5) is 0. The molecule has 1 aliphatic rings. The topological polar surface area (TPSA) is 35.2 Å². The van der Waals surface area contributed by atoms with Crippen molar-refractivity contribution in [2.45, 2.75) is 19.4 Å².